The quantitative estimate of drug-likeness (QED) is 0.744. The second kappa shape index (κ2) is 4.81. The van der Waals surface area contributed by atoms with Gasteiger partial charge in [0.1, 0.15) is 0 Å². The van der Waals surface area contributed by atoms with Gasteiger partial charge in [-0.1, -0.05) is 29.3 Å². The van der Waals surface area contributed by atoms with Gasteiger partial charge in [-0.3, -0.25) is 5.10 Å². The van der Waals surface area contributed by atoms with Crippen LogP contribution in [-0.4, -0.2) is 21.3 Å². The SMILES string of the molecule is O=C(O)c1ccc2[nH]nc(-c3ccc(Cl)c(Cl)c3)c2c1. The number of hydrogen-bond acceptors (Lipinski definition) is 2. The molecule has 0 fully saturated rings. The molecule has 3 aromatic rings. The molecule has 0 saturated heterocycles. The third kappa shape index (κ3) is 2.13. The fourth-order valence-electron chi connectivity index (χ4n) is 2.01. The maximum Gasteiger partial charge on any atom is 0.335 e. The summed E-state index contributed by atoms with van der Waals surface area (Å²) in [5.74, 6) is -0.979. The predicted octanol–water partition coefficient (Wildman–Crippen LogP) is 4.23. The van der Waals surface area contributed by atoms with E-state index in [1.807, 2.05) is 0 Å². The Hall–Kier alpha value is -2.04. The Balaban J connectivity index is 2.22. The molecule has 0 saturated carbocycles. The zero-order valence-electron chi connectivity index (χ0n) is 10.0. The van der Waals surface area contributed by atoms with Gasteiger partial charge in [-0.2, -0.15) is 5.10 Å². The maximum absolute atomic E-state index is 11.0. The molecule has 100 valence electrons. The summed E-state index contributed by atoms with van der Waals surface area (Å²) in [5.41, 5.74) is 2.38. The second-order valence-electron chi connectivity index (χ2n) is 4.27. The lowest BCUT2D eigenvalue weighted by molar-refractivity contribution is 0.0697. The van der Waals surface area contributed by atoms with E-state index >= 15 is 0 Å². The Morgan fingerprint density at radius 1 is 1.10 bits per heavy atom. The zero-order chi connectivity index (χ0) is 14.3. The highest BCUT2D eigenvalue weighted by atomic mass is 35.5. The van der Waals surface area contributed by atoms with E-state index in [0.717, 1.165) is 16.5 Å². The van der Waals surface area contributed by atoms with Crippen LogP contribution in [0.15, 0.2) is 36.4 Å². The molecule has 0 spiro atoms. The molecule has 0 atom stereocenters. The lowest BCUT2D eigenvalue weighted by Gasteiger charge is -2.01. The Kier molecular flexibility index (Phi) is 3.12. The van der Waals surface area contributed by atoms with Gasteiger partial charge in [0.15, 0.2) is 0 Å². The fourth-order valence-corrected chi connectivity index (χ4v) is 2.31. The number of halogens is 2. The maximum atomic E-state index is 11.0. The monoisotopic (exact) mass is 306 g/mol. The van der Waals surface area contributed by atoms with E-state index in [4.69, 9.17) is 28.3 Å². The molecule has 20 heavy (non-hydrogen) atoms. The number of nitrogens with zero attached hydrogens (tertiary/aromatic N) is 1. The molecule has 0 bridgehead atoms. The van der Waals surface area contributed by atoms with Crippen LogP contribution in [0.1, 0.15) is 10.4 Å². The number of aromatic carboxylic acids is 1. The van der Waals surface area contributed by atoms with Crippen LogP contribution in [0.4, 0.5) is 0 Å². The van der Waals surface area contributed by atoms with Crippen molar-refractivity contribution < 1.29 is 9.90 Å². The van der Waals surface area contributed by atoms with Gasteiger partial charge in [0.25, 0.3) is 0 Å². The number of fused-ring (bicyclic) bond motifs is 1. The van der Waals surface area contributed by atoms with Crippen LogP contribution in [0.3, 0.4) is 0 Å². The zero-order valence-corrected chi connectivity index (χ0v) is 11.5. The molecular weight excluding hydrogens is 299 g/mol. The normalized spacial score (nSPS) is 10.9. The summed E-state index contributed by atoms with van der Waals surface area (Å²) in [4.78, 5) is 11.0. The highest BCUT2D eigenvalue weighted by molar-refractivity contribution is 6.42. The molecule has 1 aromatic heterocycles. The molecule has 3 rings (SSSR count). The average Bonchev–Trinajstić information content (AvgIpc) is 2.84. The van der Waals surface area contributed by atoms with Crippen LogP contribution in [0.2, 0.25) is 10.0 Å². The Bertz CT molecular complexity index is 827. The number of rotatable bonds is 2. The van der Waals surface area contributed by atoms with E-state index in [9.17, 15) is 4.79 Å². The molecule has 0 unspecified atom stereocenters. The molecule has 6 heteroatoms. The summed E-state index contributed by atoms with van der Waals surface area (Å²) in [6, 6.07) is 9.97. The van der Waals surface area contributed by atoms with Gasteiger partial charge >= 0.3 is 5.97 Å². The van der Waals surface area contributed by atoms with Crippen LogP contribution in [-0.2, 0) is 0 Å². The van der Waals surface area contributed by atoms with Crippen molar-refractivity contribution in [3.63, 3.8) is 0 Å². The Morgan fingerprint density at radius 2 is 1.90 bits per heavy atom. The van der Waals surface area contributed by atoms with Gasteiger partial charge in [0, 0.05) is 10.9 Å². The molecule has 1 heterocycles. The first kappa shape index (κ1) is 13.0. The molecular formula is C14H8Cl2N2O2. The van der Waals surface area contributed by atoms with Crippen molar-refractivity contribution in [2.75, 3.05) is 0 Å². The summed E-state index contributed by atoms with van der Waals surface area (Å²) in [5, 5.41) is 17.8. The highest BCUT2D eigenvalue weighted by Crippen LogP contribution is 2.31. The third-order valence-corrected chi connectivity index (χ3v) is 3.74. The summed E-state index contributed by atoms with van der Waals surface area (Å²) >= 11 is 11.9. The first-order chi connectivity index (χ1) is 9.56. The summed E-state index contributed by atoms with van der Waals surface area (Å²) in [7, 11) is 0. The van der Waals surface area contributed by atoms with E-state index in [2.05, 4.69) is 10.2 Å². The number of nitrogens with one attached hydrogen (secondary N) is 1. The fraction of sp³-hybridized carbons (Fsp3) is 0. The third-order valence-electron chi connectivity index (χ3n) is 3.00. The van der Waals surface area contributed by atoms with Gasteiger partial charge in [0.2, 0.25) is 0 Å². The minimum Gasteiger partial charge on any atom is -0.478 e. The largest absolute Gasteiger partial charge is 0.478 e. The van der Waals surface area contributed by atoms with Crippen molar-refractivity contribution in [3.8, 4) is 11.3 Å². The Morgan fingerprint density at radius 3 is 2.60 bits per heavy atom. The number of H-pyrrole nitrogens is 1. The lowest BCUT2D eigenvalue weighted by Crippen LogP contribution is -1.94. The smallest absolute Gasteiger partial charge is 0.335 e. The van der Waals surface area contributed by atoms with Crippen LogP contribution in [0.25, 0.3) is 22.2 Å². The van der Waals surface area contributed by atoms with Gasteiger partial charge < -0.3 is 5.11 Å². The highest BCUT2D eigenvalue weighted by Gasteiger charge is 2.12. The lowest BCUT2D eigenvalue weighted by atomic mass is 10.1. The molecule has 0 radical (unpaired) electrons. The number of carbonyl (C=O) groups is 1. The summed E-state index contributed by atoms with van der Waals surface area (Å²) in [6.45, 7) is 0. The molecule has 0 aliphatic carbocycles. The summed E-state index contributed by atoms with van der Waals surface area (Å²) < 4.78 is 0. The van der Waals surface area contributed by atoms with Crippen molar-refractivity contribution in [3.05, 3.63) is 52.0 Å². The molecule has 2 N–H and O–H groups in total. The molecule has 4 nitrogen and oxygen atoms in total. The summed E-state index contributed by atoms with van der Waals surface area (Å²) in [6.07, 6.45) is 0. The van der Waals surface area contributed by atoms with Crippen LogP contribution < -0.4 is 0 Å². The Labute approximate surface area is 123 Å². The number of benzene rings is 2. The van der Waals surface area contributed by atoms with E-state index in [-0.39, 0.29) is 5.56 Å². The molecule has 0 amide bonds. The van der Waals surface area contributed by atoms with Crippen molar-refractivity contribution in [1.82, 2.24) is 10.2 Å². The van der Waals surface area contributed by atoms with Crippen molar-refractivity contribution in [2.45, 2.75) is 0 Å². The molecule has 0 aliphatic rings. The first-order valence-corrected chi connectivity index (χ1v) is 6.48. The number of hydrogen-bond donors (Lipinski definition) is 2. The standard InChI is InChI=1S/C14H8Cl2N2O2/c15-10-3-1-7(6-11(10)16)13-9-5-8(14(19)20)2-4-12(9)17-18-13/h1-6H,(H,17,18)(H,19,20). The average molecular weight is 307 g/mol. The topological polar surface area (TPSA) is 66.0 Å². The number of carboxylic acids is 1. The van der Waals surface area contributed by atoms with Gasteiger partial charge in [0.05, 0.1) is 26.8 Å². The van der Waals surface area contributed by atoms with E-state index < -0.39 is 5.97 Å². The predicted molar refractivity (Wildman–Crippen MR) is 78.5 cm³/mol. The van der Waals surface area contributed by atoms with Gasteiger partial charge in [-0.25, -0.2) is 4.79 Å². The van der Waals surface area contributed by atoms with Crippen molar-refractivity contribution in [1.29, 1.82) is 0 Å². The van der Waals surface area contributed by atoms with E-state index in [0.29, 0.717) is 15.7 Å². The number of aromatic nitrogens is 2. The van der Waals surface area contributed by atoms with E-state index in [1.165, 1.54) is 6.07 Å². The van der Waals surface area contributed by atoms with Gasteiger partial charge in [-0.05, 0) is 30.3 Å². The first-order valence-electron chi connectivity index (χ1n) is 5.73. The van der Waals surface area contributed by atoms with Crippen molar-refractivity contribution in [2.24, 2.45) is 0 Å². The number of carboxylic acid groups (broad SMARTS) is 1. The number of aromatic amines is 1. The van der Waals surface area contributed by atoms with Crippen LogP contribution >= 0.6 is 23.2 Å². The van der Waals surface area contributed by atoms with Crippen LogP contribution in [0.5, 0.6) is 0 Å². The van der Waals surface area contributed by atoms with Gasteiger partial charge in [-0.15, -0.1) is 0 Å². The minimum atomic E-state index is -0.979. The molecule has 0 aliphatic heterocycles. The second-order valence-corrected chi connectivity index (χ2v) is 5.08. The minimum absolute atomic E-state index is 0.209. The molecule has 2 aromatic carbocycles. The van der Waals surface area contributed by atoms with E-state index in [1.54, 1.807) is 30.3 Å². The van der Waals surface area contributed by atoms with Crippen molar-refractivity contribution >= 4 is 40.1 Å². The van der Waals surface area contributed by atoms with Crippen LogP contribution in [0, 0.1) is 0 Å².